The van der Waals surface area contributed by atoms with Gasteiger partial charge in [0.15, 0.2) is 9.84 Å². The normalized spacial score (nSPS) is 29.9. The molecule has 0 aromatic rings. The van der Waals surface area contributed by atoms with E-state index in [1.165, 1.54) is 6.26 Å². The van der Waals surface area contributed by atoms with Crippen LogP contribution in [-0.2, 0) is 14.6 Å². The molecule has 70 valence electrons. The second-order valence-electron chi connectivity index (χ2n) is 4.02. The first kappa shape index (κ1) is 9.71. The summed E-state index contributed by atoms with van der Waals surface area (Å²) in [5.41, 5.74) is 0. The molecule has 0 bridgehead atoms. The third-order valence-electron chi connectivity index (χ3n) is 2.86. The Morgan fingerprint density at radius 3 is 2.17 bits per heavy atom. The molecule has 0 aromatic carbocycles. The zero-order chi connectivity index (χ0) is 9.57. The van der Waals surface area contributed by atoms with E-state index in [9.17, 15) is 13.2 Å². The summed E-state index contributed by atoms with van der Waals surface area (Å²) in [4.78, 5) is 10.4. The molecule has 0 spiro atoms. The smallest absolute Gasteiger partial charge is 0.152 e. The van der Waals surface area contributed by atoms with Crippen molar-refractivity contribution in [3.63, 3.8) is 0 Å². The minimum absolute atomic E-state index is 0.0324. The monoisotopic (exact) mass is 190 g/mol. The van der Waals surface area contributed by atoms with Crippen molar-refractivity contribution in [3.05, 3.63) is 0 Å². The van der Waals surface area contributed by atoms with Crippen LogP contribution >= 0.6 is 0 Å². The van der Waals surface area contributed by atoms with E-state index in [0.29, 0.717) is 0 Å². The highest BCUT2D eigenvalue weighted by atomic mass is 32.2. The summed E-state index contributed by atoms with van der Waals surface area (Å²) < 4.78 is 21.8. The number of hydrogen-bond donors (Lipinski definition) is 0. The molecule has 4 heteroatoms. The van der Waals surface area contributed by atoms with Crippen LogP contribution in [0.3, 0.4) is 0 Å². The minimum Gasteiger partial charge on any atom is -0.303 e. The van der Waals surface area contributed by atoms with Gasteiger partial charge in [0.05, 0.1) is 4.75 Å². The standard InChI is InChI=1S/C8H14O3S/c1-8(2,12(3,10)11)7-4-6(7)5-9/h5-7H,4H2,1-3H3/t6-,7-/m1/s1. The number of carbonyl (C=O) groups is 1. The van der Waals surface area contributed by atoms with Gasteiger partial charge < -0.3 is 4.79 Å². The number of carbonyl (C=O) groups excluding carboxylic acids is 1. The lowest BCUT2D eigenvalue weighted by atomic mass is 10.1. The van der Waals surface area contributed by atoms with Gasteiger partial charge in [0.1, 0.15) is 6.29 Å². The topological polar surface area (TPSA) is 51.2 Å². The maximum Gasteiger partial charge on any atom is 0.152 e. The van der Waals surface area contributed by atoms with Crippen molar-refractivity contribution in [2.24, 2.45) is 11.8 Å². The molecule has 12 heavy (non-hydrogen) atoms. The molecule has 2 atom stereocenters. The van der Waals surface area contributed by atoms with E-state index in [1.807, 2.05) is 0 Å². The van der Waals surface area contributed by atoms with E-state index in [4.69, 9.17) is 0 Å². The maximum absolute atomic E-state index is 11.3. The van der Waals surface area contributed by atoms with Crippen molar-refractivity contribution >= 4 is 16.1 Å². The van der Waals surface area contributed by atoms with Crippen molar-refractivity contribution in [2.45, 2.75) is 25.0 Å². The first-order valence-corrected chi connectivity index (χ1v) is 5.84. The number of sulfone groups is 1. The van der Waals surface area contributed by atoms with E-state index in [1.54, 1.807) is 13.8 Å². The molecule has 1 fully saturated rings. The quantitative estimate of drug-likeness (QED) is 0.614. The van der Waals surface area contributed by atoms with Gasteiger partial charge in [0.25, 0.3) is 0 Å². The maximum atomic E-state index is 11.3. The van der Waals surface area contributed by atoms with Crippen LogP contribution in [0.25, 0.3) is 0 Å². The zero-order valence-corrected chi connectivity index (χ0v) is 8.39. The van der Waals surface area contributed by atoms with E-state index in [2.05, 4.69) is 0 Å². The summed E-state index contributed by atoms with van der Waals surface area (Å²) in [6, 6.07) is 0. The molecule has 0 aromatic heterocycles. The second kappa shape index (κ2) is 2.55. The summed E-state index contributed by atoms with van der Waals surface area (Å²) in [7, 11) is -3.04. The molecule has 1 aliphatic carbocycles. The molecular formula is C8H14O3S. The molecule has 1 saturated carbocycles. The fourth-order valence-corrected chi connectivity index (χ4v) is 2.26. The Kier molecular flexibility index (Phi) is 2.07. The van der Waals surface area contributed by atoms with Crippen molar-refractivity contribution in [3.8, 4) is 0 Å². The number of aldehydes is 1. The van der Waals surface area contributed by atoms with Gasteiger partial charge in [-0.15, -0.1) is 0 Å². The molecule has 3 nitrogen and oxygen atoms in total. The molecule has 1 rings (SSSR count). The van der Waals surface area contributed by atoms with Crippen molar-refractivity contribution in [2.75, 3.05) is 6.26 Å². The van der Waals surface area contributed by atoms with Gasteiger partial charge in [0, 0.05) is 12.2 Å². The Morgan fingerprint density at radius 1 is 1.42 bits per heavy atom. The fraction of sp³-hybridized carbons (Fsp3) is 0.875. The summed E-state index contributed by atoms with van der Waals surface area (Å²) in [5, 5.41) is 0. The highest BCUT2D eigenvalue weighted by Crippen LogP contribution is 2.48. The molecule has 0 saturated heterocycles. The van der Waals surface area contributed by atoms with Gasteiger partial charge >= 0.3 is 0 Å². The molecule has 0 unspecified atom stereocenters. The Morgan fingerprint density at radius 2 is 1.92 bits per heavy atom. The second-order valence-corrected chi connectivity index (χ2v) is 6.61. The predicted molar refractivity (Wildman–Crippen MR) is 46.6 cm³/mol. The third-order valence-corrected chi connectivity index (χ3v) is 5.08. The van der Waals surface area contributed by atoms with Crippen LogP contribution in [0, 0.1) is 11.8 Å². The number of hydrogen-bond acceptors (Lipinski definition) is 3. The average Bonchev–Trinajstić information content (AvgIpc) is 2.62. The van der Waals surface area contributed by atoms with Gasteiger partial charge in [-0.05, 0) is 26.2 Å². The Hall–Kier alpha value is -0.380. The highest BCUT2D eigenvalue weighted by molar-refractivity contribution is 7.92. The lowest BCUT2D eigenvalue weighted by Gasteiger charge is -2.21. The van der Waals surface area contributed by atoms with Crippen LogP contribution in [0.15, 0.2) is 0 Å². The van der Waals surface area contributed by atoms with Crippen molar-refractivity contribution in [1.29, 1.82) is 0 Å². The third kappa shape index (κ3) is 1.40. The van der Waals surface area contributed by atoms with Crippen LogP contribution in [0.2, 0.25) is 0 Å². The lowest BCUT2D eigenvalue weighted by molar-refractivity contribution is -0.109. The summed E-state index contributed by atoms with van der Waals surface area (Å²) in [5.74, 6) is -0.000255. The van der Waals surface area contributed by atoms with Crippen LogP contribution in [-0.4, -0.2) is 25.7 Å². The highest BCUT2D eigenvalue weighted by Gasteiger charge is 2.52. The fourth-order valence-electron chi connectivity index (χ4n) is 1.44. The molecule has 0 heterocycles. The van der Waals surface area contributed by atoms with Crippen LogP contribution in [0.1, 0.15) is 20.3 Å². The van der Waals surface area contributed by atoms with Gasteiger partial charge in [-0.1, -0.05) is 0 Å². The summed E-state index contributed by atoms with van der Waals surface area (Å²) in [6.45, 7) is 3.38. The van der Waals surface area contributed by atoms with Gasteiger partial charge in [-0.3, -0.25) is 0 Å². The lowest BCUT2D eigenvalue weighted by Crippen LogP contribution is -2.34. The Labute approximate surface area is 73.1 Å². The molecule has 0 radical (unpaired) electrons. The molecule has 0 N–H and O–H groups in total. The van der Waals surface area contributed by atoms with E-state index >= 15 is 0 Å². The summed E-state index contributed by atoms with van der Waals surface area (Å²) in [6.07, 6.45) is 2.81. The van der Waals surface area contributed by atoms with E-state index < -0.39 is 14.6 Å². The molecule has 0 amide bonds. The van der Waals surface area contributed by atoms with E-state index in [-0.39, 0.29) is 11.8 Å². The molecule has 0 aliphatic heterocycles. The zero-order valence-electron chi connectivity index (χ0n) is 7.57. The predicted octanol–water partition coefficient (Wildman–Crippen LogP) is 0.645. The van der Waals surface area contributed by atoms with Crippen molar-refractivity contribution < 1.29 is 13.2 Å². The van der Waals surface area contributed by atoms with Crippen molar-refractivity contribution in [1.82, 2.24) is 0 Å². The largest absolute Gasteiger partial charge is 0.303 e. The van der Waals surface area contributed by atoms with Crippen LogP contribution in [0.4, 0.5) is 0 Å². The average molecular weight is 190 g/mol. The van der Waals surface area contributed by atoms with Gasteiger partial charge in [-0.25, -0.2) is 8.42 Å². The SMILES string of the molecule is CC(C)([C@@H]1C[C@@H]1C=O)S(C)(=O)=O. The molecule has 1 aliphatic rings. The minimum atomic E-state index is -3.04. The van der Waals surface area contributed by atoms with E-state index in [0.717, 1.165) is 12.7 Å². The molecular weight excluding hydrogens is 176 g/mol. The summed E-state index contributed by atoms with van der Waals surface area (Å²) >= 11 is 0. The number of rotatable bonds is 3. The van der Waals surface area contributed by atoms with Crippen LogP contribution in [0.5, 0.6) is 0 Å². The Bertz CT molecular complexity index is 289. The Balaban J connectivity index is 2.82. The van der Waals surface area contributed by atoms with Gasteiger partial charge in [-0.2, -0.15) is 0 Å². The first-order valence-electron chi connectivity index (χ1n) is 3.95. The first-order chi connectivity index (χ1) is 5.30. The van der Waals surface area contributed by atoms with Crippen LogP contribution < -0.4 is 0 Å². The van der Waals surface area contributed by atoms with Gasteiger partial charge in [0.2, 0.25) is 0 Å².